The van der Waals surface area contributed by atoms with Gasteiger partial charge in [-0.25, -0.2) is 19.6 Å². The molecule has 2 heterocycles. The number of rotatable bonds is 8. The number of esters is 1. The molecule has 1 aliphatic heterocycles. The van der Waals surface area contributed by atoms with Crippen molar-refractivity contribution in [2.75, 3.05) is 18.1 Å². The van der Waals surface area contributed by atoms with Crippen LogP contribution in [-0.4, -0.2) is 58.2 Å². The summed E-state index contributed by atoms with van der Waals surface area (Å²) in [6, 6.07) is 16.5. The highest BCUT2D eigenvalue weighted by atomic mass is 16.5. The van der Waals surface area contributed by atoms with Crippen molar-refractivity contribution in [2.24, 2.45) is 0 Å². The third-order valence-corrected chi connectivity index (χ3v) is 6.42. The molecule has 10 heteroatoms. The number of aryl methyl sites for hydroxylation is 2. The van der Waals surface area contributed by atoms with Gasteiger partial charge in [-0.3, -0.25) is 15.0 Å². The zero-order valence-electron chi connectivity index (χ0n) is 21.7. The smallest absolute Gasteiger partial charge is 0.347 e. The van der Waals surface area contributed by atoms with E-state index in [0.29, 0.717) is 28.2 Å². The van der Waals surface area contributed by atoms with Crippen LogP contribution in [0.4, 0.5) is 5.69 Å². The normalized spacial score (nSPS) is 18.6. The van der Waals surface area contributed by atoms with Crippen molar-refractivity contribution in [3.05, 3.63) is 83.2 Å². The van der Waals surface area contributed by atoms with E-state index in [0.717, 1.165) is 0 Å². The van der Waals surface area contributed by atoms with Gasteiger partial charge in [0.2, 0.25) is 12.0 Å². The lowest BCUT2D eigenvalue weighted by atomic mass is 9.77. The zero-order valence-corrected chi connectivity index (χ0v) is 21.7. The van der Waals surface area contributed by atoms with Gasteiger partial charge < -0.3 is 14.6 Å². The molecule has 1 amide bonds. The first-order valence-corrected chi connectivity index (χ1v) is 12.3. The summed E-state index contributed by atoms with van der Waals surface area (Å²) in [5.41, 5.74) is 1.01. The number of hydrogen-bond donors (Lipinski definition) is 2. The van der Waals surface area contributed by atoms with Crippen molar-refractivity contribution in [1.29, 1.82) is 0 Å². The number of fused-ring (bicyclic) bond motifs is 1. The van der Waals surface area contributed by atoms with Crippen LogP contribution in [0.25, 0.3) is 0 Å². The number of benzene rings is 2. The molecule has 1 aromatic heterocycles. The Kier molecular flexibility index (Phi) is 7.72. The Balaban J connectivity index is 1.98. The molecular weight excluding hydrogens is 488 g/mol. The first-order valence-electron chi connectivity index (χ1n) is 12.3. The second-order valence-electron chi connectivity index (χ2n) is 9.01. The molecule has 3 atom stereocenters. The lowest BCUT2D eigenvalue weighted by Gasteiger charge is -2.39. The zero-order chi connectivity index (χ0) is 27.4. The summed E-state index contributed by atoms with van der Waals surface area (Å²) in [5, 5.41) is 13.8. The van der Waals surface area contributed by atoms with E-state index in [9.17, 15) is 19.5 Å². The first-order chi connectivity index (χ1) is 18.2. The molecule has 0 saturated carbocycles. The fourth-order valence-corrected chi connectivity index (χ4v) is 4.86. The quantitative estimate of drug-likeness (QED) is 0.432. The van der Waals surface area contributed by atoms with Crippen LogP contribution >= 0.6 is 0 Å². The number of amides is 1. The van der Waals surface area contributed by atoms with Crippen LogP contribution in [0, 0.1) is 13.8 Å². The highest BCUT2D eigenvalue weighted by Gasteiger charge is 2.52. The van der Waals surface area contributed by atoms with Gasteiger partial charge >= 0.3 is 17.9 Å². The fourth-order valence-electron chi connectivity index (χ4n) is 4.86. The summed E-state index contributed by atoms with van der Waals surface area (Å²) in [7, 11) is 0. The molecule has 0 saturated heterocycles. The molecule has 0 aliphatic carbocycles. The minimum Gasteiger partial charge on any atom is -0.478 e. The number of ether oxygens (including phenoxy) is 2. The number of aromatic nitrogens is 2. The van der Waals surface area contributed by atoms with E-state index in [2.05, 4.69) is 15.3 Å². The molecule has 10 nitrogen and oxygen atoms in total. The molecule has 4 rings (SSSR count). The van der Waals surface area contributed by atoms with Gasteiger partial charge in [0.25, 0.3) is 0 Å². The van der Waals surface area contributed by atoms with Crippen LogP contribution in [-0.2, 0) is 24.7 Å². The Hall–Kier alpha value is -4.31. The largest absolute Gasteiger partial charge is 0.478 e. The van der Waals surface area contributed by atoms with E-state index in [1.54, 1.807) is 82.3 Å². The van der Waals surface area contributed by atoms with Gasteiger partial charge in [-0.2, -0.15) is 0 Å². The maximum absolute atomic E-state index is 13.5. The first kappa shape index (κ1) is 26.7. The van der Waals surface area contributed by atoms with Crippen molar-refractivity contribution in [3.63, 3.8) is 0 Å². The molecule has 3 aromatic rings. The van der Waals surface area contributed by atoms with Gasteiger partial charge in [0.15, 0.2) is 0 Å². The van der Waals surface area contributed by atoms with Crippen molar-refractivity contribution < 1.29 is 29.0 Å². The Morgan fingerprint density at radius 1 is 1.08 bits per heavy atom. The minimum atomic E-state index is -1.60. The second-order valence-corrected chi connectivity index (χ2v) is 9.01. The number of nitrogens with zero attached hydrogens (tertiary/aromatic N) is 3. The molecule has 1 aliphatic rings. The molecule has 0 bridgehead atoms. The number of nitrogens with one attached hydrogen (secondary N) is 1. The lowest BCUT2D eigenvalue weighted by molar-refractivity contribution is -0.149. The predicted molar refractivity (Wildman–Crippen MR) is 139 cm³/mol. The molecule has 0 spiro atoms. The standard InChI is InChI=1S/C28H30N4O6/c1-5-37-26(36)19(4)32-22-14-10-9-13-21(22)28(29-16-23(32)33,20-11-7-6-8-12-20)24(25(34)35)38-27-30-17(2)15-18(3)31-27/h6-15,19,24,29H,5,16H2,1-4H3,(H,34,35)/t19-,24-,28+/m1/s1. The van der Waals surface area contributed by atoms with Crippen molar-refractivity contribution >= 4 is 23.5 Å². The minimum absolute atomic E-state index is 0.100. The summed E-state index contributed by atoms with van der Waals surface area (Å²) in [5.74, 6) is -2.29. The highest BCUT2D eigenvalue weighted by Crippen LogP contribution is 2.42. The van der Waals surface area contributed by atoms with Crippen LogP contribution < -0.4 is 15.0 Å². The van der Waals surface area contributed by atoms with Gasteiger partial charge in [-0.1, -0.05) is 48.5 Å². The average Bonchev–Trinajstić information content (AvgIpc) is 3.01. The van der Waals surface area contributed by atoms with Crippen LogP contribution in [0.15, 0.2) is 60.7 Å². The number of carbonyl (C=O) groups excluding carboxylic acids is 2. The molecule has 0 radical (unpaired) electrons. The van der Waals surface area contributed by atoms with Gasteiger partial charge in [0.05, 0.1) is 18.8 Å². The molecular formula is C28H30N4O6. The van der Waals surface area contributed by atoms with Crippen molar-refractivity contribution in [1.82, 2.24) is 15.3 Å². The summed E-state index contributed by atoms with van der Waals surface area (Å²) in [4.78, 5) is 49.1. The number of para-hydroxylation sites is 1. The van der Waals surface area contributed by atoms with Gasteiger partial charge in [-0.15, -0.1) is 0 Å². The van der Waals surface area contributed by atoms with Crippen LogP contribution in [0.2, 0.25) is 0 Å². The van der Waals surface area contributed by atoms with Crippen LogP contribution in [0.1, 0.15) is 36.4 Å². The summed E-state index contributed by atoms with van der Waals surface area (Å²) < 4.78 is 11.3. The highest BCUT2D eigenvalue weighted by molar-refractivity contribution is 6.02. The number of carboxylic acids is 1. The van der Waals surface area contributed by atoms with E-state index in [-0.39, 0.29) is 19.2 Å². The average molecular weight is 519 g/mol. The van der Waals surface area contributed by atoms with Gasteiger partial charge in [0, 0.05) is 17.0 Å². The molecule has 0 fully saturated rings. The van der Waals surface area contributed by atoms with E-state index < -0.39 is 35.5 Å². The second kappa shape index (κ2) is 11.0. The Morgan fingerprint density at radius 2 is 1.71 bits per heavy atom. The van der Waals surface area contributed by atoms with Gasteiger partial charge in [-0.05, 0) is 45.4 Å². The van der Waals surface area contributed by atoms with Crippen molar-refractivity contribution in [3.8, 4) is 6.01 Å². The Bertz CT molecular complexity index is 1330. The van der Waals surface area contributed by atoms with Gasteiger partial charge in [0.1, 0.15) is 11.6 Å². The number of anilines is 1. The third-order valence-electron chi connectivity index (χ3n) is 6.42. The lowest BCUT2D eigenvalue weighted by Crippen LogP contribution is -2.58. The molecule has 2 N–H and O–H groups in total. The monoisotopic (exact) mass is 518 g/mol. The van der Waals surface area contributed by atoms with E-state index in [4.69, 9.17) is 9.47 Å². The SMILES string of the molecule is CCOC(=O)[C@@H](C)N1C(=O)CN[C@](c2ccccc2)([C@H](Oc2nc(C)cc(C)n2)C(=O)O)c2ccccc21. The van der Waals surface area contributed by atoms with Crippen molar-refractivity contribution in [2.45, 2.75) is 45.4 Å². The van der Waals surface area contributed by atoms with Crippen LogP contribution in [0.3, 0.4) is 0 Å². The number of aliphatic carboxylic acids is 1. The molecule has 38 heavy (non-hydrogen) atoms. The summed E-state index contributed by atoms with van der Waals surface area (Å²) in [6.07, 6.45) is -1.60. The summed E-state index contributed by atoms with van der Waals surface area (Å²) >= 11 is 0. The summed E-state index contributed by atoms with van der Waals surface area (Å²) in [6.45, 7) is 6.66. The molecule has 0 unspecified atom stereocenters. The maximum Gasteiger partial charge on any atom is 0.347 e. The number of carboxylic acid groups (broad SMARTS) is 1. The Morgan fingerprint density at radius 3 is 2.34 bits per heavy atom. The predicted octanol–water partition coefficient (Wildman–Crippen LogP) is 2.76. The number of hydrogen-bond acceptors (Lipinski definition) is 8. The van der Waals surface area contributed by atoms with Crippen LogP contribution in [0.5, 0.6) is 6.01 Å². The number of carbonyl (C=O) groups is 3. The van der Waals surface area contributed by atoms with E-state index >= 15 is 0 Å². The Labute approximate surface area is 220 Å². The topological polar surface area (TPSA) is 131 Å². The molecule has 2 aromatic carbocycles. The molecule has 198 valence electrons. The third kappa shape index (κ3) is 4.95. The maximum atomic E-state index is 13.5. The van der Waals surface area contributed by atoms with E-state index in [1.807, 2.05) is 6.07 Å². The van der Waals surface area contributed by atoms with E-state index in [1.165, 1.54) is 4.90 Å². The fraction of sp³-hybridized carbons (Fsp3) is 0.321.